The molecule has 0 aliphatic rings. The summed E-state index contributed by atoms with van der Waals surface area (Å²) in [5.74, 6) is -0.859. The van der Waals surface area contributed by atoms with Gasteiger partial charge in [-0.05, 0) is 59.3 Å². The van der Waals surface area contributed by atoms with E-state index in [4.69, 9.17) is 16.7 Å². The first-order chi connectivity index (χ1) is 9.47. The molecular weight excluding hydrogens is 362 g/mol. The normalized spacial score (nSPS) is 12.2. The van der Waals surface area contributed by atoms with Gasteiger partial charge in [-0.2, -0.15) is 0 Å². The highest BCUT2D eigenvalue weighted by Crippen LogP contribution is 2.33. The molecule has 3 nitrogen and oxygen atoms in total. The van der Waals surface area contributed by atoms with Crippen LogP contribution in [0.4, 0.5) is 5.69 Å². The van der Waals surface area contributed by atoms with E-state index in [-0.39, 0.29) is 12.6 Å². The van der Waals surface area contributed by atoms with Crippen LogP contribution < -0.4 is 4.90 Å². The van der Waals surface area contributed by atoms with Gasteiger partial charge >= 0.3 is 5.97 Å². The summed E-state index contributed by atoms with van der Waals surface area (Å²) in [6.07, 6.45) is 0. The number of carbonyl (C=O) groups is 1. The average molecular weight is 375 g/mol. The van der Waals surface area contributed by atoms with E-state index < -0.39 is 5.97 Å². The number of nitrogens with zero attached hydrogens (tertiary/aromatic N) is 1. The Morgan fingerprint density at radius 3 is 2.50 bits per heavy atom. The second-order valence-corrected chi connectivity index (χ2v) is 7.25. The van der Waals surface area contributed by atoms with Crippen LogP contribution in [-0.2, 0) is 4.79 Å². The molecule has 1 unspecified atom stereocenters. The quantitative estimate of drug-likeness (QED) is 0.816. The van der Waals surface area contributed by atoms with Crippen LogP contribution in [0.15, 0.2) is 40.2 Å². The summed E-state index contributed by atoms with van der Waals surface area (Å²) in [5, 5.41) is 9.76. The zero-order valence-corrected chi connectivity index (χ0v) is 13.9. The van der Waals surface area contributed by atoms with Crippen molar-refractivity contribution in [1.29, 1.82) is 0 Å². The molecule has 2 aromatic rings. The van der Waals surface area contributed by atoms with Crippen molar-refractivity contribution in [1.82, 2.24) is 0 Å². The minimum Gasteiger partial charge on any atom is -0.480 e. The molecule has 1 N–H and O–H groups in total. The van der Waals surface area contributed by atoms with E-state index in [9.17, 15) is 4.79 Å². The second kappa shape index (κ2) is 6.61. The highest BCUT2D eigenvalue weighted by molar-refractivity contribution is 9.11. The van der Waals surface area contributed by atoms with E-state index in [1.165, 1.54) is 0 Å². The summed E-state index contributed by atoms with van der Waals surface area (Å²) in [6.45, 7) is 1.94. The zero-order chi connectivity index (χ0) is 14.7. The number of hydrogen-bond donors (Lipinski definition) is 1. The molecular formula is C14H13BrClNO2S. The van der Waals surface area contributed by atoms with Crippen molar-refractivity contribution < 1.29 is 9.90 Å². The van der Waals surface area contributed by atoms with Crippen LogP contribution in [0.2, 0.25) is 5.02 Å². The van der Waals surface area contributed by atoms with Crippen LogP contribution in [0.25, 0.3) is 0 Å². The van der Waals surface area contributed by atoms with Gasteiger partial charge in [-0.3, -0.25) is 4.79 Å². The summed E-state index contributed by atoms with van der Waals surface area (Å²) in [4.78, 5) is 14.1. The third-order valence-corrected chi connectivity index (χ3v) is 4.98. The van der Waals surface area contributed by atoms with Gasteiger partial charge in [0.05, 0.1) is 9.83 Å². The van der Waals surface area contributed by atoms with Crippen molar-refractivity contribution in [2.24, 2.45) is 0 Å². The summed E-state index contributed by atoms with van der Waals surface area (Å²) < 4.78 is 1.03. The van der Waals surface area contributed by atoms with Crippen LogP contribution in [0.3, 0.4) is 0 Å². The predicted octanol–water partition coefficient (Wildman–Crippen LogP) is 4.82. The highest BCUT2D eigenvalue weighted by Gasteiger charge is 2.20. The monoisotopic (exact) mass is 373 g/mol. The molecule has 0 saturated carbocycles. The zero-order valence-electron chi connectivity index (χ0n) is 10.7. The summed E-state index contributed by atoms with van der Waals surface area (Å²) >= 11 is 10.9. The van der Waals surface area contributed by atoms with Crippen molar-refractivity contribution >= 4 is 50.5 Å². The van der Waals surface area contributed by atoms with Crippen LogP contribution in [0.5, 0.6) is 0 Å². The summed E-state index contributed by atoms with van der Waals surface area (Å²) in [5.41, 5.74) is 0.842. The predicted molar refractivity (Wildman–Crippen MR) is 86.9 cm³/mol. The van der Waals surface area contributed by atoms with Crippen molar-refractivity contribution in [3.63, 3.8) is 0 Å². The standard InChI is InChI=1S/C14H13BrClNO2S/c1-9(12-6-7-13(15)20-12)17(8-14(18)19)11-4-2-10(16)3-5-11/h2-7,9H,8H2,1H3,(H,18,19). The molecule has 1 heterocycles. The topological polar surface area (TPSA) is 40.5 Å². The van der Waals surface area contributed by atoms with Crippen molar-refractivity contribution in [2.45, 2.75) is 13.0 Å². The molecule has 0 aliphatic heterocycles. The Balaban J connectivity index is 2.31. The molecule has 0 radical (unpaired) electrons. The lowest BCUT2D eigenvalue weighted by Crippen LogP contribution is -2.31. The first-order valence-corrected chi connectivity index (χ1v) is 7.95. The lowest BCUT2D eigenvalue weighted by atomic mass is 10.2. The third-order valence-electron chi connectivity index (χ3n) is 2.94. The van der Waals surface area contributed by atoms with E-state index in [1.807, 2.05) is 36.1 Å². The minimum atomic E-state index is -0.859. The molecule has 0 bridgehead atoms. The summed E-state index contributed by atoms with van der Waals surface area (Å²) in [7, 11) is 0. The Morgan fingerprint density at radius 2 is 2.00 bits per heavy atom. The van der Waals surface area contributed by atoms with E-state index in [0.29, 0.717) is 5.02 Å². The van der Waals surface area contributed by atoms with E-state index in [1.54, 1.807) is 23.5 Å². The molecule has 20 heavy (non-hydrogen) atoms. The van der Waals surface area contributed by atoms with E-state index in [2.05, 4.69) is 15.9 Å². The maximum Gasteiger partial charge on any atom is 0.323 e. The maximum atomic E-state index is 11.1. The number of thiophene rings is 1. The molecule has 1 atom stereocenters. The molecule has 0 saturated heterocycles. The first kappa shape index (κ1) is 15.4. The summed E-state index contributed by atoms with van der Waals surface area (Å²) in [6, 6.07) is 11.2. The molecule has 106 valence electrons. The Hall–Kier alpha value is -1.04. The molecule has 0 aliphatic carbocycles. The number of aliphatic carboxylic acids is 1. The number of hydrogen-bond acceptors (Lipinski definition) is 3. The smallest absolute Gasteiger partial charge is 0.323 e. The fourth-order valence-electron chi connectivity index (χ4n) is 1.94. The molecule has 6 heteroatoms. The fourth-order valence-corrected chi connectivity index (χ4v) is 3.55. The molecule has 1 aromatic carbocycles. The van der Waals surface area contributed by atoms with Crippen molar-refractivity contribution in [2.75, 3.05) is 11.4 Å². The highest BCUT2D eigenvalue weighted by atomic mass is 79.9. The molecule has 0 spiro atoms. The van der Waals surface area contributed by atoms with Gasteiger partial charge in [-0.25, -0.2) is 0 Å². The van der Waals surface area contributed by atoms with Crippen LogP contribution in [0, 0.1) is 0 Å². The van der Waals surface area contributed by atoms with Crippen LogP contribution in [0.1, 0.15) is 17.8 Å². The molecule has 1 aromatic heterocycles. The van der Waals surface area contributed by atoms with Crippen molar-refractivity contribution in [3.05, 3.63) is 50.1 Å². The van der Waals surface area contributed by atoms with Gasteiger partial charge in [-0.15, -0.1) is 11.3 Å². The van der Waals surface area contributed by atoms with Gasteiger partial charge in [0.2, 0.25) is 0 Å². The van der Waals surface area contributed by atoms with Gasteiger partial charge in [0.25, 0.3) is 0 Å². The maximum absolute atomic E-state index is 11.1. The van der Waals surface area contributed by atoms with Gasteiger partial charge in [0.15, 0.2) is 0 Å². The van der Waals surface area contributed by atoms with E-state index >= 15 is 0 Å². The Bertz CT molecular complexity index is 599. The molecule has 0 fully saturated rings. The van der Waals surface area contributed by atoms with Gasteiger partial charge in [0.1, 0.15) is 6.54 Å². The third kappa shape index (κ3) is 3.75. The lowest BCUT2D eigenvalue weighted by molar-refractivity contribution is -0.135. The number of benzene rings is 1. The number of carboxylic acid groups (broad SMARTS) is 1. The number of rotatable bonds is 5. The van der Waals surface area contributed by atoms with Gasteiger partial charge < -0.3 is 10.0 Å². The van der Waals surface area contributed by atoms with Crippen LogP contribution in [-0.4, -0.2) is 17.6 Å². The lowest BCUT2D eigenvalue weighted by Gasteiger charge is -2.29. The number of anilines is 1. The number of halogens is 2. The largest absolute Gasteiger partial charge is 0.480 e. The Morgan fingerprint density at radius 1 is 1.35 bits per heavy atom. The minimum absolute atomic E-state index is 0.0245. The first-order valence-electron chi connectivity index (χ1n) is 5.96. The fraction of sp³-hybridized carbons (Fsp3) is 0.214. The Labute approximate surface area is 134 Å². The van der Waals surface area contributed by atoms with Gasteiger partial charge in [-0.1, -0.05) is 11.6 Å². The van der Waals surface area contributed by atoms with Crippen molar-refractivity contribution in [3.8, 4) is 0 Å². The second-order valence-electron chi connectivity index (χ2n) is 4.32. The van der Waals surface area contributed by atoms with Gasteiger partial charge in [0, 0.05) is 15.6 Å². The van der Waals surface area contributed by atoms with E-state index in [0.717, 1.165) is 14.4 Å². The Kier molecular flexibility index (Phi) is 5.07. The molecule has 2 rings (SSSR count). The average Bonchev–Trinajstić information content (AvgIpc) is 2.83. The SMILES string of the molecule is CC(c1ccc(Br)s1)N(CC(=O)O)c1ccc(Cl)cc1. The van der Waals surface area contributed by atoms with Crippen LogP contribution >= 0.6 is 38.9 Å². The number of carboxylic acids is 1. The molecule has 0 amide bonds.